The molecule has 1 amide bonds. The van der Waals surface area contributed by atoms with E-state index in [2.05, 4.69) is 10.3 Å². The summed E-state index contributed by atoms with van der Waals surface area (Å²) in [6, 6.07) is 8.91. The van der Waals surface area contributed by atoms with E-state index in [0.717, 1.165) is 30.0 Å². The first kappa shape index (κ1) is 20.7. The van der Waals surface area contributed by atoms with Crippen molar-refractivity contribution in [1.29, 1.82) is 0 Å². The normalized spacial score (nSPS) is 23.7. The average Bonchev–Trinajstić information content (AvgIpc) is 3.23. The number of hydrogen-bond donors (Lipinski definition) is 1. The molecule has 2 atom stereocenters. The standard InChI is InChI=1S/C19H23N3O2.2ClH/c1-12-16(7-8-17(20-12)18-4-3-9-24-18)19(23)22(2)15-10-13-5-6-14(11-15)21-13;;/h3-4,7-9,13-15,21H,5-6,10-11H2,1-2H3;2*1H. The molecule has 2 aromatic heterocycles. The number of piperidine rings is 1. The highest BCUT2D eigenvalue weighted by atomic mass is 35.5. The third-order valence-electron chi connectivity index (χ3n) is 5.41. The molecule has 2 saturated heterocycles. The van der Waals surface area contributed by atoms with Crippen LogP contribution < -0.4 is 5.32 Å². The molecule has 2 aliphatic rings. The van der Waals surface area contributed by atoms with Crippen molar-refractivity contribution in [3.63, 3.8) is 0 Å². The quantitative estimate of drug-likeness (QED) is 0.854. The number of rotatable bonds is 3. The molecular weight excluding hydrogens is 373 g/mol. The molecule has 2 unspecified atom stereocenters. The highest BCUT2D eigenvalue weighted by molar-refractivity contribution is 5.95. The van der Waals surface area contributed by atoms with E-state index in [1.54, 1.807) is 6.26 Å². The lowest BCUT2D eigenvalue weighted by Gasteiger charge is -2.35. The molecule has 0 radical (unpaired) electrons. The van der Waals surface area contributed by atoms with E-state index >= 15 is 0 Å². The van der Waals surface area contributed by atoms with E-state index < -0.39 is 0 Å². The summed E-state index contributed by atoms with van der Waals surface area (Å²) < 4.78 is 5.38. The van der Waals surface area contributed by atoms with E-state index in [1.807, 2.05) is 43.1 Å². The summed E-state index contributed by atoms with van der Waals surface area (Å²) in [7, 11) is 1.93. The molecule has 142 valence electrons. The van der Waals surface area contributed by atoms with Gasteiger partial charge >= 0.3 is 0 Å². The van der Waals surface area contributed by atoms with Crippen molar-refractivity contribution in [3.8, 4) is 11.5 Å². The van der Waals surface area contributed by atoms with Crippen molar-refractivity contribution in [2.24, 2.45) is 0 Å². The third-order valence-corrected chi connectivity index (χ3v) is 5.41. The van der Waals surface area contributed by atoms with E-state index in [-0.39, 0.29) is 30.7 Å². The van der Waals surface area contributed by atoms with Crippen LogP contribution in [0.4, 0.5) is 0 Å². The van der Waals surface area contributed by atoms with Crippen LogP contribution in [0, 0.1) is 6.92 Å². The monoisotopic (exact) mass is 397 g/mol. The van der Waals surface area contributed by atoms with Gasteiger partial charge in [0.2, 0.25) is 0 Å². The van der Waals surface area contributed by atoms with E-state index in [9.17, 15) is 4.79 Å². The molecule has 0 aromatic carbocycles. The van der Waals surface area contributed by atoms with Crippen molar-refractivity contribution >= 4 is 30.7 Å². The minimum absolute atomic E-state index is 0. The van der Waals surface area contributed by atoms with Gasteiger partial charge in [0.05, 0.1) is 17.5 Å². The number of pyridine rings is 1. The molecule has 4 rings (SSSR count). The number of aryl methyl sites for hydroxylation is 1. The zero-order chi connectivity index (χ0) is 16.7. The first-order chi connectivity index (χ1) is 11.6. The Morgan fingerprint density at radius 2 is 1.88 bits per heavy atom. The number of fused-ring (bicyclic) bond motifs is 2. The Labute approximate surface area is 166 Å². The zero-order valence-electron chi connectivity index (χ0n) is 15.0. The Kier molecular flexibility index (Phi) is 6.72. The highest BCUT2D eigenvalue weighted by Gasteiger charge is 2.36. The van der Waals surface area contributed by atoms with Crippen molar-refractivity contribution in [2.75, 3.05) is 7.05 Å². The smallest absolute Gasteiger partial charge is 0.255 e. The van der Waals surface area contributed by atoms with Crippen molar-refractivity contribution in [2.45, 2.75) is 50.7 Å². The first-order valence-electron chi connectivity index (χ1n) is 8.66. The van der Waals surface area contributed by atoms with Crippen LogP contribution in [0.3, 0.4) is 0 Å². The molecule has 5 nitrogen and oxygen atoms in total. The second-order valence-electron chi connectivity index (χ2n) is 6.99. The predicted octanol–water partition coefficient (Wildman–Crippen LogP) is 3.85. The molecule has 1 N–H and O–H groups in total. The number of carbonyl (C=O) groups is 1. The van der Waals surface area contributed by atoms with Crippen LogP contribution in [0.5, 0.6) is 0 Å². The molecule has 2 aromatic rings. The number of hydrogen-bond acceptors (Lipinski definition) is 4. The van der Waals surface area contributed by atoms with Crippen LogP contribution in [0.1, 0.15) is 41.7 Å². The number of aromatic nitrogens is 1. The Bertz CT molecular complexity index is 739. The largest absolute Gasteiger partial charge is 0.463 e. The maximum Gasteiger partial charge on any atom is 0.255 e. The molecule has 2 aliphatic heterocycles. The summed E-state index contributed by atoms with van der Waals surface area (Å²) in [4.78, 5) is 19.4. The first-order valence-corrected chi connectivity index (χ1v) is 8.66. The van der Waals surface area contributed by atoms with Crippen LogP contribution in [0.15, 0.2) is 34.9 Å². The zero-order valence-corrected chi connectivity index (χ0v) is 16.6. The van der Waals surface area contributed by atoms with E-state index in [1.165, 1.54) is 12.8 Å². The molecule has 2 fully saturated rings. The summed E-state index contributed by atoms with van der Waals surface area (Å²) in [5.74, 6) is 0.790. The van der Waals surface area contributed by atoms with Gasteiger partial charge < -0.3 is 14.6 Å². The summed E-state index contributed by atoms with van der Waals surface area (Å²) in [6.45, 7) is 1.89. The van der Waals surface area contributed by atoms with Crippen LogP contribution in [0.2, 0.25) is 0 Å². The predicted molar refractivity (Wildman–Crippen MR) is 106 cm³/mol. The lowest BCUT2D eigenvalue weighted by molar-refractivity contribution is 0.0680. The third kappa shape index (κ3) is 3.90. The Balaban J connectivity index is 0.00000121. The van der Waals surface area contributed by atoms with Crippen LogP contribution in [-0.2, 0) is 0 Å². The number of halogens is 2. The van der Waals surface area contributed by atoms with Gasteiger partial charge in [0.25, 0.3) is 5.91 Å². The van der Waals surface area contributed by atoms with Gasteiger partial charge in [0.15, 0.2) is 5.76 Å². The minimum atomic E-state index is 0. The molecule has 0 saturated carbocycles. The van der Waals surface area contributed by atoms with Crippen LogP contribution in [-0.4, -0.2) is 41.0 Å². The molecule has 0 aliphatic carbocycles. The Hall–Kier alpha value is -1.56. The van der Waals surface area contributed by atoms with E-state index in [4.69, 9.17) is 4.42 Å². The number of furan rings is 1. The maximum atomic E-state index is 12.9. The molecule has 7 heteroatoms. The molecule has 2 bridgehead atoms. The van der Waals surface area contributed by atoms with Gasteiger partial charge in [0, 0.05) is 25.2 Å². The molecule has 4 heterocycles. The molecular formula is C19H25Cl2N3O2. The van der Waals surface area contributed by atoms with Gasteiger partial charge in [-0.1, -0.05) is 0 Å². The lowest BCUT2D eigenvalue weighted by atomic mass is 9.97. The average molecular weight is 398 g/mol. The van der Waals surface area contributed by atoms with Gasteiger partial charge in [-0.3, -0.25) is 4.79 Å². The summed E-state index contributed by atoms with van der Waals surface area (Å²) in [5.41, 5.74) is 2.19. The van der Waals surface area contributed by atoms with Gasteiger partial charge in [-0.25, -0.2) is 4.98 Å². The number of nitrogens with zero attached hydrogens (tertiary/aromatic N) is 2. The lowest BCUT2D eigenvalue weighted by Crippen LogP contribution is -2.48. The maximum absolute atomic E-state index is 12.9. The summed E-state index contributed by atoms with van der Waals surface area (Å²) >= 11 is 0. The fraction of sp³-hybridized carbons (Fsp3) is 0.474. The van der Waals surface area contributed by atoms with Gasteiger partial charge in [0.1, 0.15) is 5.69 Å². The van der Waals surface area contributed by atoms with Gasteiger partial charge in [-0.05, 0) is 56.9 Å². The van der Waals surface area contributed by atoms with Gasteiger partial charge in [-0.2, -0.15) is 0 Å². The number of nitrogens with one attached hydrogen (secondary N) is 1. The topological polar surface area (TPSA) is 58.4 Å². The Morgan fingerprint density at radius 3 is 2.46 bits per heavy atom. The van der Waals surface area contributed by atoms with Crippen molar-refractivity contribution in [3.05, 3.63) is 41.8 Å². The summed E-state index contributed by atoms with van der Waals surface area (Å²) in [6.07, 6.45) is 6.21. The fourth-order valence-corrected chi connectivity index (χ4v) is 4.05. The van der Waals surface area contributed by atoms with Crippen molar-refractivity contribution < 1.29 is 9.21 Å². The molecule has 26 heavy (non-hydrogen) atoms. The van der Waals surface area contributed by atoms with Crippen molar-refractivity contribution in [1.82, 2.24) is 15.2 Å². The van der Waals surface area contributed by atoms with E-state index in [0.29, 0.717) is 23.7 Å². The Morgan fingerprint density at radius 1 is 1.19 bits per heavy atom. The number of carbonyl (C=O) groups excluding carboxylic acids is 1. The number of amides is 1. The SMILES string of the molecule is Cc1nc(-c2ccco2)ccc1C(=O)N(C)C1CC2CCC(C1)N2.Cl.Cl. The van der Waals surface area contributed by atoms with Crippen LogP contribution >= 0.6 is 24.8 Å². The minimum Gasteiger partial charge on any atom is -0.463 e. The second kappa shape index (κ2) is 8.42. The molecule has 0 spiro atoms. The van der Waals surface area contributed by atoms with Crippen LogP contribution in [0.25, 0.3) is 11.5 Å². The highest BCUT2D eigenvalue weighted by Crippen LogP contribution is 2.30. The second-order valence-corrected chi connectivity index (χ2v) is 6.99. The fourth-order valence-electron chi connectivity index (χ4n) is 4.05. The van der Waals surface area contributed by atoms with Gasteiger partial charge in [-0.15, -0.1) is 24.8 Å². The summed E-state index contributed by atoms with van der Waals surface area (Å²) in [5, 5.41) is 3.63.